The number of thiazole rings is 1. The zero-order chi connectivity index (χ0) is 15.6. The summed E-state index contributed by atoms with van der Waals surface area (Å²) < 4.78 is 0. The van der Waals surface area contributed by atoms with E-state index in [0.29, 0.717) is 17.9 Å². The molecule has 4 rings (SSSR count). The number of hydrogen-bond donors (Lipinski definition) is 1. The van der Waals surface area contributed by atoms with Crippen molar-refractivity contribution in [2.24, 2.45) is 5.92 Å². The lowest BCUT2D eigenvalue weighted by Crippen LogP contribution is -2.44. The molecule has 0 aromatic carbocycles. The molecule has 3 aliphatic rings. The maximum atomic E-state index is 11.8. The topological polar surface area (TPSA) is 45.2 Å². The fourth-order valence-corrected chi connectivity index (χ4v) is 5.01. The molecule has 126 valence electrons. The number of hydrogen-bond acceptors (Lipinski definition) is 4. The number of carbonyl (C=O) groups is 1. The van der Waals surface area contributed by atoms with Crippen LogP contribution < -0.4 is 5.32 Å². The van der Waals surface area contributed by atoms with Gasteiger partial charge in [-0.2, -0.15) is 0 Å². The Hall–Kier alpha value is -0.940. The summed E-state index contributed by atoms with van der Waals surface area (Å²) in [4.78, 5) is 20.5. The summed E-state index contributed by atoms with van der Waals surface area (Å²) in [5, 5.41) is 4.60. The number of likely N-dealkylation sites (tertiary alicyclic amines) is 1. The Morgan fingerprint density at radius 1 is 1.17 bits per heavy atom. The lowest BCUT2D eigenvalue weighted by Gasteiger charge is -2.32. The monoisotopic (exact) mass is 333 g/mol. The van der Waals surface area contributed by atoms with Crippen LogP contribution in [0.15, 0.2) is 6.20 Å². The summed E-state index contributed by atoms with van der Waals surface area (Å²) in [5.41, 5.74) is 0. The molecule has 0 bridgehead atoms. The minimum absolute atomic E-state index is 0.298. The van der Waals surface area contributed by atoms with Crippen LogP contribution in [0.4, 0.5) is 0 Å². The van der Waals surface area contributed by atoms with Crippen molar-refractivity contribution in [1.29, 1.82) is 0 Å². The normalized spacial score (nSPS) is 24.2. The van der Waals surface area contributed by atoms with E-state index in [1.807, 2.05) is 11.3 Å². The van der Waals surface area contributed by atoms with Crippen molar-refractivity contribution in [1.82, 2.24) is 15.2 Å². The molecule has 5 heteroatoms. The first-order chi connectivity index (χ1) is 11.3. The quantitative estimate of drug-likeness (QED) is 0.899. The molecule has 0 spiro atoms. The van der Waals surface area contributed by atoms with Crippen LogP contribution in [0.3, 0.4) is 0 Å². The fraction of sp³-hybridized carbons (Fsp3) is 0.778. The van der Waals surface area contributed by atoms with Crippen LogP contribution in [-0.2, 0) is 11.3 Å². The van der Waals surface area contributed by atoms with E-state index < -0.39 is 0 Å². The highest BCUT2D eigenvalue weighted by molar-refractivity contribution is 7.11. The molecular formula is C18H27N3OS. The third-order valence-electron chi connectivity index (χ3n) is 5.54. The number of nitrogens with zero attached hydrogens (tertiary/aromatic N) is 2. The molecule has 1 N–H and O–H groups in total. The van der Waals surface area contributed by atoms with Gasteiger partial charge in [0.25, 0.3) is 0 Å². The Bertz CT molecular complexity index is 540. The summed E-state index contributed by atoms with van der Waals surface area (Å²) in [6.07, 6.45) is 11.9. The highest BCUT2D eigenvalue weighted by Crippen LogP contribution is 2.36. The largest absolute Gasteiger partial charge is 0.353 e. The van der Waals surface area contributed by atoms with E-state index in [0.717, 1.165) is 51.2 Å². The molecule has 2 aliphatic carbocycles. The molecule has 0 radical (unpaired) electrons. The van der Waals surface area contributed by atoms with Crippen LogP contribution in [0, 0.1) is 5.92 Å². The molecule has 0 atom stereocenters. The number of nitrogens with one attached hydrogen (secondary N) is 1. The van der Waals surface area contributed by atoms with Gasteiger partial charge in [0, 0.05) is 48.6 Å². The molecule has 2 saturated carbocycles. The van der Waals surface area contributed by atoms with Crippen molar-refractivity contribution in [3.8, 4) is 0 Å². The van der Waals surface area contributed by atoms with Crippen molar-refractivity contribution in [2.75, 3.05) is 13.1 Å². The average Bonchev–Trinajstić information content (AvgIpc) is 3.08. The van der Waals surface area contributed by atoms with Crippen molar-refractivity contribution in [3.05, 3.63) is 16.1 Å². The lowest BCUT2D eigenvalue weighted by molar-refractivity contribution is -0.123. The van der Waals surface area contributed by atoms with E-state index in [1.54, 1.807) is 0 Å². The van der Waals surface area contributed by atoms with E-state index >= 15 is 0 Å². The molecule has 2 heterocycles. The predicted molar refractivity (Wildman–Crippen MR) is 92.5 cm³/mol. The van der Waals surface area contributed by atoms with Crippen LogP contribution in [0.25, 0.3) is 0 Å². The van der Waals surface area contributed by atoms with Gasteiger partial charge in [-0.1, -0.05) is 12.8 Å². The van der Waals surface area contributed by atoms with Gasteiger partial charge in [0.2, 0.25) is 5.91 Å². The molecular weight excluding hydrogens is 306 g/mol. The Labute approximate surface area is 142 Å². The first kappa shape index (κ1) is 15.6. The number of aromatic nitrogens is 1. The SMILES string of the molecule is O=C(NC1CCN(Cc2cnc(C3CCCC3)s2)CC1)C1CC1. The molecule has 23 heavy (non-hydrogen) atoms. The van der Waals surface area contributed by atoms with Gasteiger partial charge in [-0.15, -0.1) is 11.3 Å². The van der Waals surface area contributed by atoms with Crippen LogP contribution in [-0.4, -0.2) is 34.9 Å². The summed E-state index contributed by atoms with van der Waals surface area (Å²) in [6, 6.07) is 0.398. The first-order valence-electron chi connectivity index (χ1n) is 9.25. The number of piperidine rings is 1. The smallest absolute Gasteiger partial charge is 0.223 e. The minimum Gasteiger partial charge on any atom is -0.353 e. The second-order valence-electron chi connectivity index (χ2n) is 7.48. The van der Waals surface area contributed by atoms with E-state index in [2.05, 4.69) is 21.4 Å². The fourth-order valence-electron chi connectivity index (χ4n) is 3.88. The standard InChI is InChI=1S/C18H27N3OS/c22-17(13-5-6-13)20-15-7-9-21(10-8-15)12-16-11-19-18(23-16)14-3-1-2-4-14/h11,13-15H,1-10,12H2,(H,20,22). The lowest BCUT2D eigenvalue weighted by atomic mass is 10.0. The molecule has 1 amide bonds. The highest BCUT2D eigenvalue weighted by Gasteiger charge is 2.31. The first-order valence-corrected chi connectivity index (χ1v) is 10.1. The summed E-state index contributed by atoms with van der Waals surface area (Å²) in [7, 11) is 0. The third kappa shape index (κ3) is 3.94. The molecule has 1 saturated heterocycles. The second-order valence-corrected chi connectivity index (χ2v) is 8.63. The van der Waals surface area contributed by atoms with Gasteiger partial charge in [-0.05, 0) is 38.5 Å². The zero-order valence-electron chi connectivity index (χ0n) is 13.8. The van der Waals surface area contributed by atoms with Gasteiger partial charge in [0.05, 0.1) is 5.01 Å². The highest BCUT2D eigenvalue weighted by atomic mass is 32.1. The maximum Gasteiger partial charge on any atom is 0.223 e. The van der Waals surface area contributed by atoms with Crippen LogP contribution in [0.1, 0.15) is 67.2 Å². The minimum atomic E-state index is 0.298. The Morgan fingerprint density at radius 3 is 2.61 bits per heavy atom. The predicted octanol–water partition coefficient (Wildman–Crippen LogP) is 3.29. The van der Waals surface area contributed by atoms with E-state index in [-0.39, 0.29) is 0 Å². The Kier molecular flexibility index (Phi) is 4.67. The van der Waals surface area contributed by atoms with Gasteiger partial charge in [-0.25, -0.2) is 4.98 Å². The number of carbonyl (C=O) groups excluding carboxylic acids is 1. The van der Waals surface area contributed by atoms with Gasteiger partial charge in [-0.3, -0.25) is 9.69 Å². The summed E-state index contributed by atoms with van der Waals surface area (Å²) >= 11 is 1.92. The maximum absolute atomic E-state index is 11.8. The van der Waals surface area contributed by atoms with Crippen LogP contribution in [0.2, 0.25) is 0 Å². The molecule has 1 aromatic rings. The second kappa shape index (κ2) is 6.89. The van der Waals surface area contributed by atoms with Gasteiger partial charge >= 0.3 is 0 Å². The van der Waals surface area contributed by atoms with Crippen molar-refractivity contribution in [2.45, 2.75) is 69.9 Å². The van der Waals surface area contributed by atoms with Crippen LogP contribution in [0.5, 0.6) is 0 Å². The number of amides is 1. The van der Waals surface area contributed by atoms with Gasteiger partial charge in [0.1, 0.15) is 0 Å². The number of rotatable bonds is 5. The van der Waals surface area contributed by atoms with Crippen molar-refractivity contribution in [3.63, 3.8) is 0 Å². The molecule has 3 fully saturated rings. The Balaban J connectivity index is 1.23. The average molecular weight is 334 g/mol. The van der Waals surface area contributed by atoms with Crippen molar-refractivity contribution >= 4 is 17.2 Å². The van der Waals surface area contributed by atoms with E-state index in [9.17, 15) is 4.79 Å². The Morgan fingerprint density at radius 2 is 1.91 bits per heavy atom. The summed E-state index contributed by atoms with van der Waals surface area (Å²) in [5.74, 6) is 1.36. The van der Waals surface area contributed by atoms with Gasteiger partial charge < -0.3 is 5.32 Å². The van der Waals surface area contributed by atoms with Crippen LogP contribution >= 0.6 is 11.3 Å². The van der Waals surface area contributed by atoms with Gasteiger partial charge in [0.15, 0.2) is 0 Å². The molecule has 1 aromatic heterocycles. The van der Waals surface area contributed by atoms with E-state index in [1.165, 1.54) is 35.6 Å². The third-order valence-corrected chi connectivity index (χ3v) is 6.68. The van der Waals surface area contributed by atoms with E-state index in [4.69, 9.17) is 0 Å². The molecule has 4 nitrogen and oxygen atoms in total. The zero-order valence-corrected chi connectivity index (χ0v) is 14.6. The molecule has 0 unspecified atom stereocenters. The summed E-state index contributed by atoms with van der Waals surface area (Å²) in [6.45, 7) is 3.21. The molecule has 1 aliphatic heterocycles. The van der Waals surface area contributed by atoms with Crippen molar-refractivity contribution < 1.29 is 4.79 Å².